The molecule has 0 spiro atoms. The molecule has 152 valence electrons. The number of thiophene rings is 1. The molecule has 2 unspecified atom stereocenters. The highest BCUT2D eigenvalue weighted by Crippen LogP contribution is 2.33. The topological polar surface area (TPSA) is 51.0 Å². The monoisotopic (exact) mass is 426 g/mol. The zero-order valence-electron chi connectivity index (χ0n) is 16.8. The van der Waals surface area contributed by atoms with Crippen LogP contribution in [0.1, 0.15) is 39.5 Å². The Morgan fingerprint density at radius 3 is 2.76 bits per heavy atom. The Balaban J connectivity index is 1.62. The minimum absolute atomic E-state index is 0.204. The molecule has 0 aliphatic carbocycles. The van der Waals surface area contributed by atoms with Crippen LogP contribution in [-0.4, -0.2) is 43.4 Å². The van der Waals surface area contributed by atoms with Crippen molar-refractivity contribution in [1.82, 2.24) is 19.7 Å². The molecule has 1 fully saturated rings. The van der Waals surface area contributed by atoms with Gasteiger partial charge in [-0.25, -0.2) is 0 Å². The zero-order valence-corrected chi connectivity index (χ0v) is 18.5. The Kier molecular flexibility index (Phi) is 6.35. The van der Waals surface area contributed by atoms with E-state index in [0.29, 0.717) is 6.04 Å². The maximum Gasteiger partial charge on any atom is 0.236 e. The third-order valence-electron chi connectivity index (χ3n) is 5.40. The second-order valence-electron chi connectivity index (χ2n) is 7.30. The molecule has 5 nitrogen and oxygen atoms in total. The molecule has 29 heavy (non-hydrogen) atoms. The Bertz CT molecular complexity index is 939. The smallest absolute Gasteiger partial charge is 0.236 e. The van der Waals surface area contributed by atoms with Gasteiger partial charge in [0.15, 0.2) is 11.0 Å². The number of carbonyl (C=O) groups is 1. The predicted molar refractivity (Wildman–Crippen MR) is 120 cm³/mol. The maximum atomic E-state index is 13.2. The lowest BCUT2D eigenvalue weighted by molar-refractivity contribution is -0.134. The molecular formula is C22H26N4OS2. The molecule has 1 aromatic carbocycles. The van der Waals surface area contributed by atoms with Gasteiger partial charge in [0.25, 0.3) is 0 Å². The van der Waals surface area contributed by atoms with Gasteiger partial charge in [-0.2, -0.15) is 0 Å². The Morgan fingerprint density at radius 2 is 2.03 bits per heavy atom. The summed E-state index contributed by atoms with van der Waals surface area (Å²) in [4.78, 5) is 16.4. The van der Waals surface area contributed by atoms with E-state index in [-0.39, 0.29) is 11.2 Å². The molecule has 3 heterocycles. The fraction of sp³-hybridized carbons (Fsp3) is 0.409. The first-order valence-corrected chi connectivity index (χ1v) is 12.0. The number of hydrogen-bond donors (Lipinski definition) is 0. The van der Waals surface area contributed by atoms with E-state index in [1.54, 1.807) is 11.3 Å². The second kappa shape index (κ2) is 9.13. The highest BCUT2D eigenvalue weighted by Gasteiger charge is 2.30. The first-order chi connectivity index (χ1) is 14.2. The van der Waals surface area contributed by atoms with E-state index in [1.807, 2.05) is 36.6 Å². The first-order valence-electron chi connectivity index (χ1n) is 10.2. The highest BCUT2D eigenvalue weighted by atomic mass is 32.2. The number of piperidine rings is 1. The molecule has 7 heteroatoms. The van der Waals surface area contributed by atoms with Gasteiger partial charge in [-0.05, 0) is 56.2 Å². The number of thioether (sulfide) groups is 1. The minimum atomic E-state index is -0.204. The van der Waals surface area contributed by atoms with Crippen LogP contribution >= 0.6 is 23.1 Å². The molecule has 1 aliphatic heterocycles. The lowest BCUT2D eigenvalue weighted by atomic mass is 10.00. The van der Waals surface area contributed by atoms with E-state index in [9.17, 15) is 4.79 Å². The van der Waals surface area contributed by atoms with Crippen LogP contribution in [0.4, 0.5) is 0 Å². The van der Waals surface area contributed by atoms with Gasteiger partial charge in [-0.3, -0.25) is 9.36 Å². The summed E-state index contributed by atoms with van der Waals surface area (Å²) in [6.45, 7) is 5.03. The van der Waals surface area contributed by atoms with Crippen LogP contribution in [-0.2, 0) is 4.79 Å². The second-order valence-corrected chi connectivity index (χ2v) is 9.56. The Hall–Kier alpha value is -2.12. The van der Waals surface area contributed by atoms with Crippen molar-refractivity contribution in [1.29, 1.82) is 0 Å². The lowest BCUT2D eigenvalue weighted by Gasteiger charge is -2.36. The number of aromatic nitrogens is 3. The molecule has 0 saturated carbocycles. The third kappa shape index (κ3) is 4.26. The number of hydrogen-bond acceptors (Lipinski definition) is 5. The maximum absolute atomic E-state index is 13.2. The van der Waals surface area contributed by atoms with Crippen LogP contribution in [0.3, 0.4) is 0 Å². The van der Waals surface area contributed by atoms with Crippen LogP contribution < -0.4 is 0 Å². The molecule has 2 aromatic heterocycles. The summed E-state index contributed by atoms with van der Waals surface area (Å²) in [5, 5.41) is 11.5. The molecule has 1 saturated heterocycles. The number of nitrogens with zero attached hydrogens (tertiary/aromatic N) is 4. The first kappa shape index (κ1) is 20.2. The predicted octanol–water partition coefficient (Wildman–Crippen LogP) is 5.27. The molecule has 1 amide bonds. The van der Waals surface area contributed by atoms with Gasteiger partial charge < -0.3 is 4.90 Å². The van der Waals surface area contributed by atoms with Gasteiger partial charge in [0.1, 0.15) is 0 Å². The van der Waals surface area contributed by atoms with Crippen LogP contribution in [0.2, 0.25) is 0 Å². The Labute approximate surface area is 180 Å². The van der Waals surface area contributed by atoms with Crippen LogP contribution in [0.15, 0.2) is 53.0 Å². The fourth-order valence-electron chi connectivity index (χ4n) is 3.88. The number of rotatable bonds is 6. The van der Waals surface area contributed by atoms with Crippen molar-refractivity contribution in [2.24, 2.45) is 0 Å². The molecule has 4 rings (SSSR count). The van der Waals surface area contributed by atoms with Crippen LogP contribution in [0, 0.1) is 0 Å². The van der Waals surface area contributed by atoms with E-state index in [0.717, 1.165) is 47.4 Å². The third-order valence-corrected chi connectivity index (χ3v) is 7.30. The quantitative estimate of drug-likeness (QED) is 0.504. The minimum Gasteiger partial charge on any atom is -0.339 e. The molecule has 2 atom stereocenters. The summed E-state index contributed by atoms with van der Waals surface area (Å²) in [6, 6.07) is 14.6. The molecule has 1 aliphatic rings. The van der Waals surface area contributed by atoms with E-state index < -0.39 is 0 Å². The summed E-state index contributed by atoms with van der Waals surface area (Å²) in [5.41, 5.74) is 1.01. The van der Waals surface area contributed by atoms with Gasteiger partial charge in [-0.1, -0.05) is 43.0 Å². The average molecular weight is 427 g/mol. The van der Waals surface area contributed by atoms with Gasteiger partial charge in [0.2, 0.25) is 5.91 Å². The number of likely N-dealkylation sites (tertiary alicyclic amines) is 1. The van der Waals surface area contributed by atoms with Crippen molar-refractivity contribution >= 4 is 29.0 Å². The zero-order chi connectivity index (χ0) is 20.2. The summed E-state index contributed by atoms with van der Waals surface area (Å²) in [6.07, 6.45) is 4.45. The van der Waals surface area contributed by atoms with Crippen molar-refractivity contribution in [3.63, 3.8) is 0 Å². The van der Waals surface area contributed by atoms with Gasteiger partial charge in [0.05, 0.1) is 10.1 Å². The number of para-hydroxylation sites is 1. The standard InChI is InChI=1S/C22H26N4OS2/c1-3-17-10-7-8-14-25(17)21(27)16(2)29-22-24-23-20(19-13-9-15-28-19)26(22)18-11-5-4-6-12-18/h4-6,9,11-13,15-17H,3,7-8,10,14H2,1-2H3. The van der Waals surface area contributed by atoms with E-state index in [2.05, 4.69) is 44.8 Å². The molecule has 3 aromatic rings. The van der Waals surface area contributed by atoms with E-state index >= 15 is 0 Å². The van der Waals surface area contributed by atoms with Gasteiger partial charge in [0, 0.05) is 18.3 Å². The fourth-order valence-corrected chi connectivity index (χ4v) is 5.51. The average Bonchev–Trinajstić information content (AvgIpc) is 3.43. The van der Waals surface area contributed by atoms with Crippen molar-refractivity contribution in [3.05, 3.63) is 47.8 Å². The van der Waals surface area contributed by atoms with E-state index in [1.165, 1.54) is 18.2 Å². The molecule has 0 N–H and O–H groups in total. The number of carbonyl (C=O) groups excluding carboxylic acids is 1. The number of amides is 1. The van der Waals surface area contributed by atoms with Crippen molar-refractivity contribution < 1.29 is 4.79 Å². The van der Waals surface area contributed by atoms with Crippen molar-refractivity contribution in [2.75, 3.05) is 6.54 Å². The summed E-state index contributed by atoms with van der Waals surface area (Å²) in [5.74, 6) is 1.03. The summed E-state index contributed by atoms with van der Waals surface area (Å²) >= 11 is 3.14. The Morgan fingerprint density at radius 1 is 1.21 bits per heavy atom. The molecule has 0 bridgehead atoms. The van der Waals surface area contributed by atoms with Gasteiger partial charge >= 0.3 is 0 Å². The highest BCUT2D eigenvalue weighted by molar-refractivity contribution is 8.00. The van der Waals surface area contributed by atoms with E-state index in [4.69, 9.17) is 0 Å². The summed E-state index contributed by atoms with van der Waals surface area (Å²) < 4.78 is 2.06. The molecular weight excluding hydrogens is 400 g/mol. The normalized spacial score (nSPS) is 18.0. The SMILES string of the molecule is CCC1CCCCN1C(=O)C(C)Sc1nnc(-c2cccs2)n1-c1ccccc1. The molecule has 0 radical (unpaired) electrons. The van der Waals surface area contributed by atoms with Crippen molar-refractivity contribution in [3.8, 4) is 16.4 Å². The van der Waals surface area contributed by atoms with Crippen molar-refractivity contribution in [2.45, 2.75) is 56.0 Å². The largest absolute Gasteiger partial charge is 0.339 e. The summed E-state index contributed by atoms with van der Waals surface area (Å²) in [7, 11) is 0. The number of benzene rings is 1. The van der Waals surface area contributed by atoms with Crippen LogP contribution in [0.5, 0.6) is 0 Å². The van der Waals surface area contributed by atoms with Gasteiger partial charge in [-0.15, -0.1) is 21.5 Å². The lowest BCUT2D eigenvalue weighted by Crippen LogP contribution is -2.46. The van der Waals surface area contributed by atoms with Crippen LogP contribution in [0.25, 0.3) is 16.4 Å².